The zero-order valence-electron chi connectivity index (χ0n) is 44.0. The summed E-state index contributed by atoms with van der Waals surface area (Å²) in [5.41, 5.74) is 0. The average Bonchev–Trinajstić information content (AvgIpc) is 3.27. The van der Waals surface area contributed by atoms with Gasteiger partial charge in [0.25, 0.3) is 0 Å². The molecule has 0 saturated carbocycles. The number of rotatable bonds is 53. The Hall–Kier alpha value is -0.716. The van der Waals surface area contributed by atoms with E-state index in [4.69, 9.17) is 6.64 Å². The molecule has 7 heteroatoms. The van der Waals surface area contributed by atoms with Crippen LogP contribution < -0.4 is 0 Å². The summed E-state index contributed by atoms with van der Waals surface area (Å²) in [6.45, 7) is 10.2. The van der Waals surface area contributed by atoms with Crippen LogP contribution in [0.4, 0.5) is 0 Å². The molecule has 0 saturated heterocycles. The number of hydrogen-bond acceptors (Lipinski definition) is 6. The van der Waals surface area contributed by atoms with Gasteiger partial charge in [0.15, 0.2) is 0 Å². The van der Waals surface area contributed by atoms with Gasteiger partial charge in [-0.3, -0.25) is 0 Å². The van der Waals surface area contributed by atoms with Crippen LogP contribution in [-0.4, -0.2) is 20.2 Å². The second-order valence-electron chi connectivity index (χ2n) is 20.6. The van der Waals surface area contributed by atoms with Crippen molar-refractivity contribution in [1.82, 2.24) is 0 Å². The van der Waals surface area contributed by atoms with Crippen LogP contribution in [0.25, 0.3) is 0 Å². The van der Waals surface area contributed by atoms with Gasteiger partial charge in [-0.05, 0) is 0 Å². The van der Waals surface area contributed by atoms with E-state index in [9.17, 15) is 14.4 Å². The first kappa shape index (κ1) is 63.3. The summed E-state index contributed by atoms with van der Waals surface area (Å²) in [6, 6.07) is 0. The van der Waals surface area contributed by atoms with Gasteiger partial charge in [-0.25, -0.2) is 0 Å². The molecule has 0 heterocycles. The van der Waals surface area contributed by atoms with Crippen LogP contribution in [0.5, 0.6) is 0 Å². The molecule has 0 spiro atoms. The van der Waals surface area contributed by atoms with Gasteiger partial charge in [0.1, 0.15) is 0 Å². The number of unbranched alkanes of at least 4 members (excludes halogenated alkanes) is 42. The smallest absolute Gasteiger partial charge is 0.0654 e. The quantitative estimate of drug-likeness (QED) is 0.0446. The Balaban J connectivity index is 4.96. The third kappa shape index (κ3) is 36.3. The SMILES string of the molecule is CCCCCCCCCCCCCCCCCC(=O)[O][Ti](=[O])([O]C(C)C)([C](=O)CCCCCCCCCCCCCCCCC)[C](=O)CCCCCCCCCCCCCCCCC. The first-order chi connectivity index (χ1) is 31.1. The first-order valence-electron chi connectivity index (χ1n) is 29.0. The van der Waals surface area contributed by atoms with E-state index in [1.807, 2.05) is 0 Å². The number of hydrogen-bond donors (Lipinski definition) is 0. The third-order valence-electron chi connectivity index (χ3n) is 13.7. The van der Waals surface area contributed by atoms with E-state index in [1.54, 1.807) is 13.8 Å². The molecule has 6 nitrogen and oxygen atoms in total. The van der Waals surface area contributed by atoms with Crippen molar-refractivity contribution < 1.29 is 40.4 Å². The van der Waals surface area contributed by atoms with E-state index < -0.39 is 36.3 Å². The molecule has 0 aliphatic heterocycles. The Morgan fingerprint density at radius 2 is 0.500 bits per heavy atom. The second-order valence-corrected chi connectivity index (χ2v) is 26.1. The summed E-state index contributed by atoms with van der Waals surface area (Å²) >= 11 is -6.78. The van der Waals surface area contributed by atoms with Gasteiger partial charge >= 0.3 is 280 Å². The zero-order chi connectivity index (χ0) is 47.1. The van der Waals surface area contributed by atoms with Crippen molar-refractivity contribution in [2.45, 2.75) is 349 Å². The van der Waals surface area contributed by atoms with Crippen molar-refractivity contribution in [3.8, 4) is 0 Å². The van der Waals surface area contributed by atoms with Gasteiger partial charge in [-0.1, -0.05) is 124 Å². The van der Waals surface area contributed by atoms with Crippen LogP contribution in [0.3, 0.4) is 0 Å². The molecule has 0 aliphatic rings. The summed E-state index contributed by atoms with van der Waals surface area (Å²) in [5, 5.41) is 0. The minimum atomic E-state index is -6.78. The minimum absolute atomic E-state index is 0.0392. The van der Waals surface area contributed by atoms with Crippen LogP contribution in [-0.2, 0) is 40.4 Å². The van der Waals surface area contributed by atoms with Gasteiger partial charge in [0, 0.05) is 0 Å². The summed E-state index contributed by atoms with van der Waals surface area (Å²) < 4.78 is 25.6. The van der Waals surface area contributed by atoms with Gasteiger partial charge in [-0.15, -0.1) is 0 Å². The van der Waals surface area contributed by atoms with Crippen LogP contribution in [0.1, 0.15) is 343 Å². The summed E-state index contributed by atoms with van der Waals surface area (Å²) in [6.07, 6.45) is 53.7. The van der Waals surface area contributed by atoms with E-state index in [2.05, 4.69) is 20.8 Å². The van der Waals surface area contributed by atoms with E-state index in [1.165, 1.54) is 212 Å². The topological polar surface area (TPSA) is 86.7 Å². The second kappa shape index (κ2) is 46.0. The molecule has 0 aromatic rings. The number of carbonyl (C=O) groups excluding carboxylic acids is 3. The van der Waals surface area contributed by atoms with Crippen LogP contribution in [0, 0.1) is 0 Å². The Bertz CT molecular complexity index is 1070. The van der Waals surface area contributed by atoms with Crippen molar-refractivity contribution in [3.05, 3.63) is 0 Å². The molecule has 0 bridgehead atoms. The molecule has 0 atom stereocenters. The van der Waals surface area contributed by atoms with Crippen molar-refractivity contribution >= 4 is 14.1 Å². The maximum absolute atomic E-state index is 15.2. The molecular formula is C57H112O6Ti. The van der Waals surface area contributed by atoms with Crippen LogP contribution >= 0.6 is 0 Å². The van der Waals surface area contributed by atoms with Crippen LogP contribution in [0.15, 0.2) is 0 Å². The summed E-state index contributed by atoms with van der Waals surface area (Å²) in [4.78, 5) is 41.8. The average molecular weight is 941 g/mol. The Morgan fingerprint density at radius 1 is 0.312 bits per heavy atom. The van der Waals surface area contributed by atoms with Gasteiger partial charge in [0.05, 0.1) is 0 Å². The maximum atomic E-state index is 15.2. The fourth-order valence-electron chi connectivity index (χ4n) is 9.50. The Morgan fingerprint density at radius 3 is 0.703 bits per heavy atom. The summed E-state index contributed by atoms with van der Waals surface area (Å²) in [5.74, 6) is -0.711. The normalized spacial score (nSPS) is 12.1. The fourth-order valence-corrected chi connectivity index (χ4v) is 14.9. The molecular weight excluding hydrogens is 828 g/mol. The minimum Gasteiger partial charge on any atom is -0.0654 e. The van der Waals surface area contributed by atoms with E-state index in [0.29, 0.717) is 19.3 Å². The van der Waals surface area contributed by atoms with E-state index >= 15 is 3.32 Å². The zero-order valence-corrected chi connectivity index (χ0v) is 45.5. The molecule has 0 unspecified atom stereocenters. The van der Waals surface area contributed by atoms with Crippen LogP contribution in [0.2, 0.25) is 0 Å². The van der Waals surface area contributed by atoms with Gasteiger partial charge in [0.2, 0.25) is 0 Å². The molecule has 0 N–H and O–H groups in total. The van der Waals surface area contributed by atoms with E-state index in [-0.39, 0.29) is 19.3 Å². The molecule has 0 radical (unpaired) electrons. The third-order valence-corrected chi connectivity index (χ3v) is 19.8. The van der Waals surface area contributed by atoms with Crippen molar-refractivity contribution in [1.29, 1.82) is 0 Å². The fraction of sp³-hybridized carbons (Fsp3) is 0.947. The van der Waals surface area contributed by atoms with Gasteiger partial charge < -0.3 is 0 Å². The molecule has 0 fully saturated rings. The molecule has 0 amide bonds. The Kier molecular flexibility index (Phi) is 45.5. The predicted molar refractivity (Wildman–Crippen MR) is 272 cm³/mol. The molecule has 0 rings (SSSR count). The first-order valence-corrected chi connectivity index (χ1v) is 32.5. The van der Waals surface area contributed by atoms with Crippen molar-refractivity contribution in [3.63, 3.8) is 0 Å². The monoisotopic (exact) mass is 941 g/mol. The molecule has 0 aromatic carbocycles. The molecule has 380 valence electrons. The molecule has 64 heavy (non-hydrogen) atoms. The number of carbonyl (C=O) groups is 3. The van der Waals surface area contributed by atoms with Crippen molar-refractivity contribution in [2.75, 3.05) is 0 Å². The van der Waals surface area contributed by atoms with Gasteiger partial charge in [-0.2, -0.15) is 0 Å². The predicted octanol–water partition coefficient (Wildman–Crippen LogP) is 19.7. The van der Waals surface area contributed by atoms with Crippen molar-refractivity contribution in [2.24, 2.45) is 0 Å². The Labute approximate surface area is 401 Å². The van der Waals surface area contributed by atoms with E-state index in [0.717, 1.165) is 57.8 Å². The molecule has 0 aromatic heterocycles. The summed E-state index contributed by atoms with van der Waals surface area (Å²) in [7, 11) is 0. The molecule has 0 aliphatic carbocycles. The standard InChI is InChI=1S/C18H36O2.2C18H35O.C3H7O.O.Ti/c1-2-3-4-5-6-7-8-9-10-11-12-13-14-15-16-17-18(19)20;2*1-2-3-4-5-6-7-8-9-10-11-12-13-14-15-16-17-18-19;1-3(2)4;;/h2-17H2,1H3,(H,19,20);2*2-17H2,1H3;3H,1-2H3;;/q;;;-1;;+2/p-1.